The lowest BCUT2D eigenvalue weighted by Gasteiger charge is -2.05. The summed E-state index contributed by atoms with van der Waals surface area (Å²) in [6.07, 6.45) is 1.64. The molecular formula is C13H9N3O2. The van der Waals surface area contributed by atoms with Gasteiger partial charge in [0.15, 0.2) is 0 Å². The van der Waals surface area contributed by atoms with Gasteiger partial charge in [0.2, 0.25) is 5.88 Å². The number of rotatable bonds is 1. The van der Waals surface area contributed by atoms with E-state index in [0.29, 0.717) is 5.82 Å². The van der Waals surface area contributed by atoms with Gasteiger partial charge in [-0.3, -0.25) is 9.78 Å². The summed E-state index contributed by atoms with van der Waals surface area (Å²) in [5, 5.41) is 10.2. The summed E-state index contributed by atoms with van der Waals surface area (Å²) in [6.45, 7) is 0. The third-order valence-corrected chi connectivity index (χ3v) is 2.63. The molecule has 2 aromatic heterocycles. The highest BCUT2D eigenvalue weighted by Crippen LogP contribution is 2.24. The maximum Gasteiger partial charge on any atom is 0.254 e. The van der Waals surface area contributed by atoms with Crippen molar-refractivity contribution in [2.75, 3.05) is 0 Å². The monoisotopic (exact) mass is 239 g/mol. The minimum Gasteiger partial charge on any atom is -0.493 e. The van der Waals surface area contributed by atoms with E-state index in [4.69, 9.17) is 0 Å². The Morgan fingerprint density at radius 3 is 2.83 bits per heavy atom. The normalized spacial score (nSPS) is 10.7. The zero-order valence-electron chi connectivity index (χ0n) is 9.29. The largest absolute Gasteiger partial charge is 0.493 e. The Bertz CT molecular complexity index is 775. The van der Waals surface area contributed by atoms with E-state index in [-0.39, 0.29) is 5.88 Å². The summed E-state index contributed by atoms with van der Waals surface area (Å²) >= 11 is 0. The molecule has 0 aliphatic rings. The number of fused-ring (bicyclic) bond motifs is 1. The van der Waals surface area contributed by atoms with Crippen LogP contribution in [0.1, 0.15) is 0 Å². The molecule has 0 bridgehead atoms. The van der Waals surface area contributed by atoms with Gasteiger partial charge < -0.3 is 10.1 Å². The molecule has 0 saturated heterocycles. The van der Waals surface area contributed by atoms with Gasteiger partial charge in [0.1, 0.15) is 5.82 Å². The van der Waals surface area contributed by atoms with Crippen LogP contribution in [0.3, 0.4) is 0 Å². The summed E-state index contributed by atoms with van der Waals surface area (Å²) in [5.41, 5.74) is 1.15. The van der Waals surface area contributed by atoms with Crippen molar-refractivity contribution in [3.8, 4) is 17.3 Å². The van der Waals surface area contributed by atoms with Crippen molar-refractivity contribution in [1.82, 2.24) is 15.0 Å². The Hall–Kier alpha value is -2.69. The lowest BCUT2D eigenvalue weighted by atomic mass is 10.1. The van der Waals surface area contributed by atoms with Crippen molar-refractivity contribution in [3.05, 3.63) is 52.9 Å². The highest BCUT2D eigenvalue weighted by Gasteiger charge is 2.07. The SMILES string of the molecule is O=c1cc(O)nc(-c2ccnc3ccccc23)[nH]1. The molecule has 0 fully saturated rings. The maximum absolute atomic E-state index is 11.3. The van der Waals surface area contributed by atoms with Crippen molar-refractivity contribution >= 4 is 10.9 Å². The number of nitrogens with zero attached hydrogens (tertiary/aromatic N) is 2. The lowest BCUT2D eigenvalue weighted by molar-refractivity contribution is 0.452. The Morgan fingerprint density at radius 1 is 1.17 bits per heavy atom. The molecule has 0 aliphatic carbocycles. The van der Waals surface area contributed by atoms with Crippen LogP contribution in [-0.2, 0) is 0 Å². The van der Waals surface area contributed by atoms with E-state index < -0.39 is 5.56 Å². The zero-order valence-corrected chi connectivity index (χ0v) is 9.29. The minimum atomic E-state index is -0.390. The first-order chi connectivity index (χ1) is 8.74. The molecule has 2 N–H and O–H groups in total. The van der Waals surface area contributed by atoms with Gasteiger partial charge >= 0.3 is 0 Å². The van der Waals surface area contributed by atoms with E-state index in [1.54, 1.807) is 12.3 Å². The Kier molecular flexibility index (Phi) is 2.30. The van der Waals surface area contributed by atoms with E-state index in [9.17, 15) is 9.90 Å². The molecule has 0 amide bonds. The quantitative estimate of drug-likeness (QED) is 0.677. The van der Waals surface area contributed by atoms with Crippen molar-refractivity contribution in [2.24, 2.45) is 0 Å². The van der Waals surface area contributed by atoms with Gasteiger partial charge in [-0.25, -0.2) is 0 Å². The second-order valence-electron chi connectivity index (χ2n) is 3.83. The van der Waals surface area contributed by atoms with Crippen molar-refractivity contribution in [1.29, 1.82) is 0 Å². The first kappa shape index (κ1) is 10.5. The zero-order chi connectivity index (χ0) is 12.5. The number of hydrogen-bond acceptors (Lipinski definition) is 4. The van der Waals surface area contributed by atoms with Crippen LogP contribution in [-0.4, -0.2) is 20.1 Å². The lowest BCUT2D eigenvalue weighted by Crippen LogP contribution is -2.06. The fourth-order valence-corrected chi connectivity index (χ4v) is 1.87. The van der Waals surface area contributed by atoms with Crippen molar-refractivity contribution in [3.63, 3.8) is 0 Å². The molecule has 18 heavy (non-hydrogen) atoms. The van der Waals surface area contributed by atoms with E-state index >= 15 is 0 Å². The van der Waals surface area contributed by atoms with Crippen LogP contribution in [0.4, 0.5) is 0 Å². The molecular weight excluding hydrogens is 230 g/mol. The number of nitrogens with one attached hydrogen (secondary N) is 1. The second kappa shape index (κ2) is 3.96. The Labute approximate surface area is 102 Å². The molecule has 0 saturated carbocycles. The highest BCUT2D eigenvalue weighted by molar-refractivity contribution is 5.92. The molecule has 0 spiro atoms. The molecule has 0 radical (unpaired) electrons. The number of aromatic amines is 1. The first-order valence-corrected chi connectivity index (χ1v) is 5.38. The van der Waals surface area contributed by atoms with Crippen molar-refractivity contribution < 1.29 is 5.11 Å². The van der Waals surface area contributed by atoms with E-state index in [0.717, 1.165) is 22.5 Å². The fraction of sp³-hybridized carbons (Fsp3) is 0. The number of aromatic hydroxyl groups is 1. The molecule has 0 atom stereocenters. The van der Waals surface area contributed by atoms with Crippen LogP contribution < -0.4 is 5.56 Å². The van der Waals surface area contributed by atoms with Gasteiger partial charge in [-0.1, -0.05) is 18.2 Å². The average Bonchev–Trinajstić information content (AvgIpc) is 2.37. The molecule has 88 valence electrons. The van der Waals surface area contributed by atoms with Crippen LogP contribution in [0.2, 0.25) is 0 Å². The summed E-state index contributed by atoms with van der Waals surface area (Å²) in [5.74, 6) is 0.0354. The third kappa shape index (κ3) is 1.71. The predicted octanol–water partition coefficient (Wildman–Crippen LogP) is 1.69. The van der Waals surface area contributed by atoms with Crippen LogP contribution >= 0.6 is 0 Å². The summed E-state index contributed by atoms with van der Waals surface area (Å²) < 4.78 is 0. The Morgan fingerprint density at radius 2 is 2.00 bits per heavy atom. The molecule has 0 unspecified atom stereocenters. The summed E-state index contributed by atoms with van der Waals surface area (Å²) in [4.78, 5) is 22.1. The van der Waals surface area contributed by atoms with E-state index in [1.165, 1.54) is 0 Å². The van der Waals surface area contributed by atoms with Crippen molar-refractivity contribution in [2.45, 2.75) is 0 Å². The minimum absolute atomic E-state index is 0.297. The van der Waals surface area contributed by atoms with Gasteiger partial charge in [-0.2, -0.15) is 4.98 Å². The first-order valence-electron chi connectivity index (χ1n) is 5.38. The van der Waals surface area contributed by atoms with E-state index in [2.05, 4.69) is 15.0 Å². The number of hydrogen-bond donors (Lipinski definition) is 2. The Balaban J connectivity index is 2.34. The average molecular weight is 239 g/mol. The third-order valence-electron chi connectivity index (χ3n) is 2.63. The van der Waals surface area contributed by atoms with Gasteiger partial charge in [-0.05, 0) is 12.1 Å². The predicted molar refractivity (Wildman–Crippen MR) is 67.3 cm³/mol. The van der Waals surface area contributed by atoms with Crippen LogP contribution in [0, 0.1) is 0 Å². The number of H-pyrrole nitrogens is 1. The number of para-hydroxylation sites is 1. The van der Waals surface area contributed by atoms with Crippen LogP contribution in [0.25, 0.3) is 22.3 Å². The van der Waals surface area contributed by atoms with Gasteiger partial charge in [0.05, 0.1) is 11.6 Å². The number of pyridine rings is 1. The number of aromatic nitrogens is 3. The molecule has 0 aliphatic heterocycles. The maximum atomic E-state index is 11.3. The summed E-state index contributed by atoms with van der Waals surface area (Å²) in [7, 11) is 0. The molecule has 5 heteroatoms. The van der Waals surface area contributed by atoms with Gasteiger partial charge in [0.25, 0.3) is 5.56 Å². The molecule has 3 aromatic rings. The molecule has 5 nitrogen and oxygen atoms in total. The van der Waals surface area contributed by atoms with Crippen LogP contribution in [0.15, 0.2) is 47.4 Å². The van der Waals surface area contributed by atoms with E-state index in [1.807, 2.05) is 24.3 Å². The molecule has 2 heterocycles. The second-order valence-corrected chi connectivity index (χ2v) is 3.83. The molecule has 3 rings (SSSR count). The topological polar surface area (TPSA) is 78.9 Å². The number of benzene rings is 1. The van der Waals surface area contributed by atoms with Gasteiger partial charge in [0, 0.05) is 17.1 Å². The molecule has 1 aromatic carbocycles. The highest BCUT2D eigenvalue weighted by atomic mass is 16.3. The summed E-state index contributed by atoms with van der Waals surface area (Å²) in [6, 6.07) is 10.3. The fourth-order valence-electron chi connectivity index (χ4n) is 1.87. The van der Waals surface area contributed by atoms with Crippen LogP contribution in [0.5, 0.6) is 5.88 Å². The smallest absolute Gasteiger partial charge is 0.254 e. The standard InChI is InChI=1S/C13H9N3O2/c17-11-7-12(18)16-13(15-11)9-5-6-14-10-4-2-1-3-8(9)10/h1-7H,(H2,15,16,17,18). The van der Waals surface area contributed by atoms with Gasteiger partial charge in [-0.15, -0.1) is 0 Å².